The molecule has 0 radical (unpaired) electrons. The lowest BCUT2D eigenvalue weighted by molar-refractivity contribution is -0.329. The van der Waals surface area contributed by atoms with Gasteiger partial charge in [0.2, 0.25) is 0 Å². The molecule has 5 nitrogen and oxygen atoms in total. The van der Waals surface area contributed by atoms with Crippen molar-refractivity contribution in [1.82, 2.24) is 20.8 Å². The molecular formula is C8H18N4O. The van der Waals surface area contributed by atoms with Crippen molar-refractivity contribution >= 4 is 0 Å². The van der Waals surface area contributed by atoms with Crippen LogP contribution < -0.4 is 10.6 Å². The van der Waals surface area contributed by atoms with Crippen LogP contribution in [0.25, 0.3) is 0 Å². The smallest absolute Gasteiger partial charge is 0.0385 e. The van der Waals surface area contributed by atoms with Gasteiger partial charge in [0.15, 0.2) is 0 Å². The first kappa shape index (κ1) is 9.36. The third kappa shape index (κ3) is 2.89. The van der Waals surface area contributed by atoms with E-state index in [2.05, 4.69) is 10.6 Å². The summed E-state index contributed by atoms with van der Waals surface area (Å²) < 4.78 is 0. The zero-order chi connectivity index (χ0) is 8.93. The largest absolute Gasteiger partial charge is 0.314 e. The van der Waals surface area contributed by atoms with Crippen LogP contribution in [0.4, 0.5) is 0 Å². The van der Waals surface area contributed by atoms with Gasteiger partial charge in [-0.1, -0.05) is 0 Å². The van der Waals surface area contributed by atoms with E-state index < -0.39 is 0 Å². The zero-order valence-electron chi connectivity index (χ0n) is 7.96. The quantitative estimate of drug-likeness (QED) is 0.557. The summed E-state index contributed by atoms with van der Waals surface area (Å²) in [5, 5.41) is 10.7. The number of nitrogens with zero attached hydrogens (tertiary/aromatic N) is 2. The van der Waals surface area contributed by atoms with Gasteiger partial charge < -0.3 is 10.6 Å². The van der Waals surface area contributed by atoms with Crippen molar-refractivity contribution in [1.29, 1.82) is 0 Å². The number of rotatable bonds is 2. The molecule has 2 rings (SSSR count). The highest BCUT2D eigenvalue weighted by Crippen LogP contribution is 2.00. The summed E-state index contributed by atoms with van der Waals surface area (Å²) in [6, 6.07) is 0. The van der Waals surface area contributed by atoms with Crippen LogP contribution in [0.2, 0.25) is 0 Å². The van der Waals surface area contributed by atoms with Crippen molar-refractivity contribution in [2.45, 2.75) is 0 Å². The van der Waals surface area contributed by atoms with Crippen molar-refractivity contribution in [3.05, 3.63) is 0 Å². The standard InChI is InChI=1S/C8H18N4O/c1-5-11(6-2-9-1)13-12-7-3-10-4-8-12/h9-10H,1-8H2. The fourth-order valence-corrected chi connectivity index (χ4v) is 1.62. The maximum absolute atomic E-state index is 5.72. The van der Waals surface area contributed by atoms with Crippen LogP contribution in [0.15, 0.2) is 0 Å². The summed E-state index contributed by atoms with van der Waals surface area (Å²) in [5.41, 5.74) is 0. The van der Waals surface area contributed by atoms with Crippen LogP contribution >= 0.6 is 0 Å². The van der Waals surface area contributed by atoms with Gasteiger partial charge in [0.05, 0.1) is 0 Å². The van der Waals surface area contributed by atoms with E-state index in [1.54, 1.807) is 0 Å². The van der Waals surface area contributed by atoms with E-state index in [0.29, 0.717) is 0 Å². The fraction of sp³-hybridized carbons (Fsp3) is 1.00. The summed E-state index contributed by atoms with van der Waals surface area (Å²) in [6.07, 6.45) is 0. The van der Waals surface area contributed by atoms with Crippen LogP contribution in [0.1, 0.15) is 0 Å². The molecule has 0 saturated carbocycles. The van der Waals surface area contributed by atoms with Gasteiger partial charge in [-0.05, 0) is 0 Å². The number of hydroxylamine groups is 4. The van der Waals surface area contributed by atoms with Crippen molar-refractivity contribution in [3.8, 4) is 0 Å². The second kappa shape index (κ2) is 4.88. The highest BCUT2D eigenvalue weighted by molar-refractivity contribution is 4.63. The SMILES string of the molecule is C1CN(ON2CCNCC2)CCN1. The van der Waals surface area contributed by atoms with Crippen molar-refractivity contribution in [2.24, 2.45) is 0 Å². The predicted octanol–water partition coefficient (Wildman–Crippen LogP) is -1.36. The number of nitrogens with one attached hydrogen (secondary N) is 2. The summed E-state index contributed by atoms with van der Waals surface area (Å²) in [6.45, 7) is 8.10. The molecule has 0 bridgehead atoms. The molecule has 0 aliphatic carbocycles. The van der Waals surface area contributed by atoms with E-state index in [0.717, 1.165) is 52.4 Å². The Balaban J connectivity index is 1.69. The lowest BCUT2D eigenvalue weighted by Crippen LogP contribution is -2.51. The van der Waals surface area contributed by atoms with Crippen molar-refractivity contribution in [3.63, 3.8) is 0 Å². The fourth-order valence-electron chi connectivity index (χ4n) is 1.62. The van der Waals surface area contributed by atoms with Crippen LogP contribution in [0.3, 0.4) is 0 Å². The zero-order valence-corrected chi connectivity index (χ0v) is 7.96. The Morgan fingerprint density at radius 3 is 1.46 bits per heavy atom. The average Bonchev–Trinajstić information content (AvgIpc) is 2.21. The number of piperazine rings is 2. The Morgan fingerprint density at radius 1 is 0.692 bits per heavy atom. The third-order valence-corrected chi connectivity index (χ3v) is 2.38. The van der Waals surface area contributed by atoms with Crippen LogP contribution in [0.5, 0.6) is 0 Å². The lowest BCUT2D eigenvalue weighted by atomic mass is 10.4. The molecule has 2 N–H and O–H groups in total. The molecule has 0 atom stereocenters. The van der Waals surface area contributed by atoms with Crippen LogP contribution in [0, 0.1) is 0 Å². The summed E-state index contributed by atoms with van der Waals surface area (Å²) >= 11 is 0. The Kier molecular flexibility index (Phi) is 3.51. The maximum Gasteiger partial charge on any atom is 0.0385 e. The van der Waals surface area contributed by atoms with E-state index in [9.17, 15) is 0 Å². The molecule has 2 aliphatic rings. The Morgan fingerprint density at radius 2 is 1.08 bits per heavy atom. The summed E-state index contributed by atoms with van der Waals surface area (Å²) in [5.74, 6) is 0. The van der Waals surface area contributed by atoms with E-state index in [4.69, 9.17) is 4.94 Å². The topological polar surface area (TPSA) is 39.8 Å². The van der Waals surface area contributed by atoms with E-state index >= 15 is 0 Å². The molecule has 5 heteroatoms. The minimum Gasteiger partial charge on any atom is -0.314 e. The lowest BCUT2D eigenvalue weighted by Gasteiger charge is -2.33. The summed E-state index contributed by atoms with van der Waals surface area (Å²) in [7, 11) is 0. The third-order valence-electron chi connectivity index (χ3n) is 2.38. The van der Waals surface area contributed by atoms with Crippen LogP contribution in [-0.2, 0) is 4.94 Å². The van der Waals surface area contributed by atoms with E-state index in [1.165, 1.54) is 0 Å². The first-order chi connectivity index (χ1) is 6.45. The number of hydrogen-bond acceptors (Lipinski definition) is 5. The van der Waals surface area contributed by atoms with Crippen LogP contribution in [-0.4, -0.2) is 62.5 Å². The van der Waals surface area contributed by atoms with Gasteiger partial charge in [-0.15, -0.1) is 0 Å². The molecule has 0 aromatic heterocycles. The van der Waals surface area contributed by atoms with Crippen molar-refractivity contribution in [2.75, 3.05) is 52.4 Å². The van der Waals surface area contributed by atoms with Gasteiger partial charge in [0.1, 0.15) is 0 Å². The van der Waals surface area contributed by atoms with Gasteiger partial charge >= 0.3 is 0 Å². The molecule has 2 heterocycles. The molecule has 0 aromatic rings. The second-order valence-corrected chi connectivity index (χ2v) is 3.44. The Bertz CT molecular complexity index is 127. The van der Waals surface area contributed by atoms with Gasteiger partial charge in [-0.2, -0.15) is 10.1 Å². The van der Waals surface area contributed by atoms with Crippen molar-refractivity contribution < 1.29 is 4.94 Å². The predicted molar refractivity (Wildman–Crippen MR) is 50.0 cm³/mol. The molecule has 2 fully saturated rings. The normalized spacial score (nSPS) is 27.7. The highest BCUT2D eigenvalue weighted by Gasteiger charge is 2.16. The molecule has 2 aliphatic heterocycles. The minimum atomic E-state index is 0.990. The molecule has 0 amide bonds. The van der Waals surface area contributed by atoms with Gasteiger partial charge in [-0.3, -0.25) is 0 Å². The average molecular weight is 186 g/mol. The second-order valence-electron chi connectivity index (χ2n) is 3.44. The minimum absolute atomic E-state index is 0.990. The molecule has 0 unspecified atom stereocenters. The van der Waals surface area contributed by atoms with E-state index in [-0.39, 0.29) is 0 Å². The van der Waals surface area contributed by atoms with Gasteiger partial charge in [-0.25, -0.2) is 4.94 Å². The summed E-state index contributed by atoms with van der Waals surface area (Å²) in [4.78, 5) is 5.72. The maximum atomic E-state index is 5.72. The molecule has 13 heavy (non-hydrogen) atoms. The van der Waals surface area contributed by atoms with E-state index in [1.807, 2.05) is 10.1 Å². The monoisotopic (exact) mass is 186 g/mol. The Labute approximate surface area is 78.9 Å². The van der Waals surface area contributed by atoms with Gasteiger partial charge in [0.25, 0.3) is 0 Å². The Hall–Kier alpha value is -0.200. The van der Waals surface area contributed by atoms with Gasteiger partial charge in [0, 0.05) is 52.4 Å². The molecular weight excluding hydrogens is 168 g/mol. The molecule has 2 saturated heterocycles. The first-order valence-corrected chi connectivity index (χ1v) is 5.04. The first-order valence-electron chi connectivity index (χ1n) is 5.04. The molecule has 0 aromatic carbocycles. The number of hydrogen-bond donors (Lipinski definition) is 2. The highest BCUT2D eigenvalue weighted by atomic mass is 16.8. The molecule has 0 spiro atoms. The molecule has 76 valence electrons.